The summed E-state index contributed by atoms with van der Waals surface area (Å²) in [7, 11) is 0. The Bertz CT molecular complexity index is 616. The van der Waals surface area contributed by atoms with E-state index in [0.717, 1.165) is 5.56 Å². The Hall–Kier alpha value is -0.120. The van der Waals surface area contributed by atoms with Gasteiger partial charge in [0, 0.05) is 16.4 Å². The largest absolute Gasteiger partial charge is 0.456 e. The maximum Gasteiger partial charge on any atom is 0.147 e. The van der Waals surface area contributed by atoms with Crippen LogP contribution in [0.15, 0.2) is 30.3 Å². The van der Waals surface area contributed by atoms with Crippen LogP contribution in [0.25, 0.3) is 0 Å². The zero-order valence-electron chi connectivity index (χ0n) is 9.39. The number of benzene rings is 2. The van der Waals surface area contributed by atoms with Crippen molar-refractivity contribution in [2.45, 2.75) is 5.33 Å². The molecule has 0 amide bonds. The zero-order valence-corrected chi connectivity index (χ0v) is 14.0. The van der Waals surface area contributed by atoms with Gasteiger partial charge in [0.1, 0.15) is 11.5 Å². The molecule has 0 radical (unpaired) electrons. The topological polar surface area (TPSA) is 9.23 Å². The summed E-state index contributed by atoms with van der Waals surface area (Å²) in [6.07, 6.45) is 0. The van der Waals surface area contributed by atoms with E-state index in [-0.39, 0.29) is 0 Å². The van der Waals surface area contributed by atoms with Crippen LogP contribution in [0, 0.1) is 0 Å². The van der Waals surface area contributed by atoms with E-state index in [1.165, 1.54) is 6.07 Å². The molecular weight excluding hydrogens is 394 g/mol. The lowest BCUT2D eigenvalue weighted by atomic mass is 10.2. The van der Waals surface area contributed by atoms with Gasteiger partial charge in [0.05, 0.1) is 15.1 Å². The number of rotatable bonds is 3. The molecule has 0 bridgehead atoms. The Morgan fingerprint density at radius 3 is 2.16 bits per heavy atom. The molecule has 2 rings (SSSR count). The minimum atomic E-state index is 0.379. The van der Waals surface area contributed by atoms with Crippen molar-refractivity contribution in [3.05, 3.63) is 56.0 Å². The average Bonchev–Trinajstić information content (AvgIpc) is 2.36. The highest BCUT2D eigenvalue weighted by Crippen LogP contribution is 2.37. The van der Waals surface area contributed by atoms with Crippen molar-refractivity contribution in [1.82, 2.24) is 0 Å². The normalized spacial score (nSPS) is 10.6. The molecule has 0 aliphatic carbocycles. The maximum absolute atomic E-state index is 6.10. The molecule has 0 aliphatic heterocycles. The fourth-order valence-electron chi connectivity index (χ4n) is 1.41. The molecule has 0 spiro atoms. The van der Waals surface area contributed by atoms with Crippen molar-refractivity contribution < 1.29 is 4.74 Å². The standard InChI is InChI=1S/C13H7BrCl4O/c14-6-7-1-2-8(3-9(7)15)19-13-5-11(17)10(16)4-12(13)18/h1-5H,6H2. The van der Waals surface area contributed by atoms with Crippen LogP contribution in [0.1, 0.15) is 5.56 Å². The van der Waals surface area contributed by atoms with E-state index < -0.39 is 0 Å². The molecule has 0 heterocycles. The van der Waals surface area contributed by atoms with Crippen LogP contribution in [-0.2, 0) is 5.33 Å². The van der Waals surface area contributed by atoms with Crippen LogP contribution in [0.4, 0.5) is 0 Å². The third kappa shape index (κ3) is 3.71. The Morgan fingerprint density at radius 2 is 1.53 bits per heavy atom. The van der Waals surface area contributed by atoms with E-state index in [4.69, 9.17) is 51.1 Å². The first-order valence-corrected chi connectivity index (χ1v) is 7.81. The summed E-state index contributed by atoms with van der Waals surface area (Å²) < 4.78 is 5.65. The van der Waals surface area contributed by atoms with Gasteiger partial charge in [-0.3, -0.25) is 0 Å². The fourth-order valence-corrected chi connectivity index (χ4v) is 2.87. The smallest absolute Gasteiger partial charge is 0.147 e. The lowest BCUT2D eigenvalue weighted by Crippen LogP contribution is -1.88. The molecule has 2 aromatic rings. The summed E-state index contributed by atoms with van der Waals surface area (Å²) in [5.41, 5.74) is 0.981. The van der Waals surface area contributed by atoms with Gasteiger partial charge >= 0.3 is 0 Å². The fraction of sp³-hybridized carbons (Fsp3) is 0.0769. The number of alkyl halides is 1. The number of halogens is 5. The van der Waals surface area contributed by atoms with Crippen molar-refractivity contribution in [1.29, 1.82) is 0 Å². The lowest BCUT2D eigenvalue weighted by molar-refractivity contribution is 0.483. The first-order chi connectivity index (χ1) is 9.01. The highest BCUT2D eigenvalue weighted by Gasteiger charge is 2.09. The van der Waals surface area contributed by atoms with E-state index in [9.17, 15) is 0 Å². The summed E-state index contributed by atoms with van der Waals surface area (Å²) in [6.45, 7) is 0. The molecule has 0 saturated heterocycles. The number of ether oxygens (including phenoxy) is 1. The maximum atomic E-state index is 6.10. The van der Waals surface area contributed by atoms with Gasteiger partial charge in [-0.05, 0) is 23.8 Å². The zero-order chi connectivity index (χ0) is 14.0. The Kier molecular flexibility index (Phi) is 5.27. The number of hydrogen-bond donors (Lipinski definition) is 0. The van der Waals surface area contributed by atoms with Crippen molar-refractivity contribution in [2.24, 2.45) is 0 Å². The van der Waals surface area contributed by atoms with Crippen molar-refractivity contribution in [2.75, 3.05) is 0 Å². The van der Waals surface area contributed by atoms with E-state index in [0.29, 0.717) is 36.9 Å². The highest BCUT2D eigenvalue weighted by molar-refractivity contribution is 9.08. The summed E-state index contributed by atoms with van der Waals surface area (Å²) in [5, 5.41) is 2.44. The molecule has 19 heavy (non-hydrogen) atoms. The molecule has 2 aromatic carbocycles. The SMILES string of the molecule is Clc1cc(Cl)c(Oc2ccc(CBr)c(Cl)c2)cc1Cl. The Balaban J connectivity index is 2.31. The predicted octanol–water partition coefficient (Wildman–Crippen LogP) is 6.99. The molecule has 100 valence electrons. The first-order valence-electron chi connectivity index (χ1n) is 5.18. The number of hydrogen-bond acceptors (Lipinski definition) is 1. The Labute approximate surface area is 139 Å². The summed E-state index contributed by atoms with van der Waals surface area (Å²) in [5.74, 6) is 1.01. The van der Waals surface area contributed by atoms with Gasteiger partial charge in [0.25, 0.3) is 0 Å². The van der Waals surface area contributed by atoms with Crippen molar-refractivity contribution in [3.8, 4) is 11.5 Å². The van der Waals surface area contributed by atoms with Crippen LogP contribution in [0.3, 0.4) is 0 Å². The van der Waals surface area contributed by atoms with E-state index in [2.05, 4.69) is 15.9 Å². The summed E-state index contributed by atoms with van der Waals surface area (Å²) >= 11 is 27.3. The molecule has 6 heteroatoms. The molecule has 0 aliphatic rings. The molecule has 0 atom stereocenters. The van der Waals surface area contributed by atoms with Gasteiger partial charge in [-0.1, -0.05) is 68.4 Å². The van der Waals surface area contributed by atoms with E-state index in [1.807, 2.05) is 6.07 Å². The van der Waals surface area contributed by atoms with Crippen LogP contribution in [0.2, 0.25) is 20.1 Å². The third-order valence-corrected chi connectivity index (χ3v) is 4.34. The molecule has 0 aromatic heterocycles. The quantitative estimate of drug-likeness (QED) is 0.398. The van der Waals surface area contributed by atoms with Crippen molar-refractivity contribution in [3.63, 3.8) is 0 Å². The van der Waals surface area contributed by atoms with Gasteiger partial charge < -0.3 is 4.74 Å². The second kappa shape index (κ2) is 6.55. The average molecular weight is 401 g/mol. The second-order valence-electron chi connectivity index (χ2n) is 3.69. The predicted molar refractivity (Wildman–Crippen MR) is 85.6 cm³/mol. The second-order valence-corrected chi connectivity index (χ2v) is 5.88. The summed E-state index contributed by atoms with van der Waals surface area (Å²) in [4.78, 5) is 0. The molecule has 1 nitrogen and oxygen atoms in total. The molecular formula is C13H7BrCl4O. The van der Waals surface area contributed by atoms with Gasteiger partial charge in [-0.15, -0.1) is 0 Å². The molecule has 0 N–H and O–H groups in total. The van der Waals surface area contributed by atoms with Gasteiger partial charge in [0.2, 0.25) is 0 Å². The first kappa shape index (κ1) is 15.3. The van der Waals surface area contributed by atoms with Crippen molar-refractivity contribution >= 4 is 62.3 Å². The van der Waals surface area contributed by atoms with E-state index in [1.54, 1.807) is 18.2 Å². The van der Waals surface area contributed by atoms with Crippen LogP contribution >= 0.6 is 62.3 Å². The minimum Gasteiger partial charge on any atom is -0.456 e. The van der Waals surface area contributed by atoms with Gasteiger partial charge in [0.15, 0.2) is 0 Å². The molecule has 0 fully saturated rings. The highest BCUT2D eigenvalue weighted by atomic mass is 79.9. The monoisotopic (exact) mass is 398 g/mol. The van der Waals surface area contributed by atoms with Crippen LogP contribution in [-0.4, -0.2) is 0 Å². The van der Waals surface area contributed by atoms with Gasteiger partial charge in [-0.25, -0.2) is 0 Å². The molecule has 0 unspecified atom stereocenters. The lowest BCUT2D eigenvalue weighted by Gasteiger charge is -2.10. The van der Waals surface area contributed by atoms with E-state index >= 15 is 0 Å². The van der Waals surface area contributed by atoms with Crippen LogP contribution < -0.4 is 4.74 Å². The summed E-state index contributed by atoms with van der Waals surface area (Å²) in [6, 6.07) is 8.50. The van der Waals surface area contributed by atoms with Gasteiger partial charge in [-0.2, -0.15) is 0 Å². The van der Waals surface area contributed by atoms with Crippen LogP contribution in [0.5, 0.6) is 11.5 Å². The third-order valence-electron chi connectivity index (χ3n) is 2.37. The molecule has 0 saturated carbocycles. The Morgan fingerprint density at radius 1 is 0.842 bits per heavy atom. The minimum absolute atomic E-state index is 0.379.